The molecule has 2 heterocycles. The molecule has 0 aliphatic rings. The number of esters is 1. The molecular formula is C14H19N3O2S. The molecule has 0 amide bonds. The molecule has 0 spiro atoms. The van der Waals surface area contributed by atoms with Crippen LogP contribution in [0.3, 0.4) is 0 Å². The van der Waals surface area contributed by atoms with Gasteiger partial charge in [-0.3, -0.25) is 5.32 Å². The van der Waals surface area contributed by atoms with E-state index in [2.05, 4.69) is 17.2 Å². The minimum atomic E-state index is -0.490. The van der Waals surface area contributed by atoms with Gasteiger partial charge in [0, 0.05) is 18.0 Å². The van der Waals surface area contributed by atoms with Crippen molar-refractivity contribution in [2.45, 2.75) is 32.5 Å². The fraction of sp³-hybridized carbons (Fsp3) is 0.429. The molecule has 0 fully saturated rings. The van der Waals surface area contributed by atoms with Crippen molar-refractivity contribution >= 4 is 17.3 Å². The number of methoxy groups -OCH3 is 1. The summed E-state index contributed by atoms with van der Waals surface area (Å²) in [6, 6.07) is 3.54. The number of rotatable bonds is 7. The van der Waals surface area contributed by atoms with Gasteiger partial charge in [-0.1, -0.05) is 13.0 Å². The van der Waals surface area contributed by atoms with E-state index in [1.54, 1.807) is 23.9 Å². The first-order valence-electron chi connectivity index (χ1n) is 6.60. The molecule has 0 saturated carbocycles. The molecule has 2 aromatic heterocycles. The number of hydrogen-bond acceptors (Lipinski definition) is 5. The number of thiophene rings is 1. The van der Waals surface area contributed by atoms with Crippen molar-refractivity contribution in [2.75, 3.05) is 7.11 Å². The van der Waals surface area contributed by atoms with Crippen molar-refractivity contribution < 1.29 is 9.53 Å². The van der Waals surface area contributed by atoms with Crippen LogP contribution in [-0.2, 0) is 22.6 Å². The lowest BCUT2D eigenvalue weighted by molar-refractivity contribution is -0.143. The zero-order chi connectivity index (χ0) is 14.4. The van der Waals surface area contributed by atoms with Crippen molar-refractivity contribution in [2.24, 2.45) is 0 Å². The van der Waals surface area contributed by atoms with Crippen LogP contribution in [0, 0.1) is 0 Å². The smallest absolute Gasteiger partial charge is 0.329 e. The van der Waals surface area contributed by atoms with Gasteiger partial charge in [0.05, 0.1) is 25.3 Å². The molecule has 1 atom stereocenters. The number of aromatic nitrogens is 2. The molecule has 20 heavy (non-hydrogen) atoms. The Morgan fingerprint density at radius 1 is 1.60 bits per heavy atom. The maximum absolute atomic E-state index is 12.0. The molecule has 2 rings (SSSR count). The minimum absolute atomic E-state index is 0.292. The lowest BCUT2D eigenvalue weighted by atomic mass is 10.2. The van der Waals surface area contributed by atoms with Crippen LogP contribution in [0.25, 0.3) is 0 Å². The van der Waals surface area contributed by atoms with Crippen LogP contribution < -0.4 is 5.32 Å². The monoisotopic (exact) mass is 293 g/mol. The Hall–Kier alpha value is -1.66. The van der Waals surface area contributed by atoms with E-state index in [-0.39, 0.29) is 5.97 Å². The van der Waals surface area contributed by atoms with Gasteiger partial charge in [-0.25, -0.2) is 9.78 Å². The number of nitrogens with zero attached hydrogens (tertiary/aromatic N) is 2. The first-order chi connectivity index (χ1) is 9.76. The van der Waals surface area contributed by atoms with Crippen LogP contribution >= 0.6 is 11.3 Å². The summed E-state index contributed by atoms with van der Waals surface area (Å²) < 4.78 is 6.89. The van der Waals surface area contributed by atoms with Gasteiger partial charge >= 0.3 is 5.97 Å². The molecule has 108 valence electrons. The standard InChI is InChI=1S/C14H19N3O2S/c1-3-6-17-10-15-9-12(17)13(14(18)19-2)16-8-11-5-4-7-20-11/h4-5,7,9-10,13,16H,3,6,8H2,1-2H3. The first-order valence-corrected chi connectivity index (χ1v) is 7.47. The van der Waals surface area contributed by atoms with E-state index in [0.717, 1.165) is 18.7 Å². The van der Waals surface area contributed by atoms with E-state index in [1.165, 1.54) is 12.0 Å². The number of aryl methyl sites for hydroxylation is 1. The third-order valence-corrected chi connectivity index (χ3v) is 3.88. The van der Waals surface area contributed by atoms with E-state index >= 15 is 0 Å². The fourth-order valence-corrected chi connectivity index (χ4v) is 2.70. The zero-order valence-electron chi connectivity index (χ0n) is 11.7. The molecule has 0 radical (unpaired) electrons. The highest BCUT2D eigenvalue weighted by Gasteiger charge is 2.24. The normalized spacial score (nSPS) is 12.3. The SMILES string of the molecule is CCCn1cncc1C(NCc1cccs1)C(=O)OC. The molecule has 1 N–H and O–H groups in total. The molecule has 0 bridgehead atoms. The molecule has 0 aliphatic heterocycles. The molecule has 0 saturated heterocycles. The van der Waals surface area contributed by atoms with E-state index in [1.807, 2.05) is 22.1 Å². The van der Waals surface area contributed by atoms with E-state index < -0.39 is 6.04 Å². The van der Waals surface area contributed by atoms with Crippen molar-refractivity contribution in [1.29, 1.82) is 0 Å². The Morgan fingerprint density at radius 2 is 2.45 bits per heavy atom. The number of ether oxygens (including phenoxy) is 1. The molecule has 1 unspecified atom stereocenters. The first kappa shape index (κ1) is 14.7. The highest BCUT2D eigenvalue weighted by Crippen LogP contribution is 2.17. The lowest BCUT2D eigenvalue weighted by Gasteiger charge is -2.17. The molecule has 0 aromatic carbocycles. The summed E-state index contributed by atoms with van der Waals surface area (Å²) in [6.07, 6.45) is 4.46. The second kappa shape index (κ2) is 7.21. The number of nitrogens with one attached hydrogen (secondary N) is 1. The van der Waals surface area contributed by atoms with Crippen LogP contribution in [0.1, 0.15) is 30.0 Å². The van der Waals surface area contributed by atoms with Gasteiger partial charge < -0.3 is 9.30 Å². The van der Waals surface area contributed by atoms with Gasteiger partial charge in [-0.05, 0) is 17.9 Å². The number of hydrogen-bond donors (Lipinski definition) is 1. The van der Waals surface area contributed by atoms with Crippen LogP contribution in [-0.4, -0.2) is 22.6 Å². The summed E-state index contributed by atoms with van der Waals surface area (Å²) in [6.45, 7) is 3.56. The van der Waals surface area contributed by atoms with Gasteiger partial charge in [0.1, 0.15) is 6.04 Å². The Morgan fingerprint density at radius 3 is 3.10 bits per heavy atom. The van der Waals surface area contributed by atoms with Crippen molar-refractivity contribution in [1.82, 2.24) is 14.9 Å². The average molecular weight is 293 g/mol. The van der Waals surface area contributed by atoms with E-state index in [9.17, 15) is 4.79 Å². The number of imidazole rings is 1. The Bertz CT molecular complexity index is 536. The fourth-order valence-electron chi connectivity index (χ4n) is 2.04. The Kier molecular flexibility index (Phi) is 5.31. The van der Waals surface area contributed by atoms with Gasteiger partial charge in [0.25, 0.3) is 0 Å². The number of carbonyl (C=O) groups is 1. The van der Waals surface area contributed by atoms with Crippen molar-refractivity contribution in [3.05, 3.63) is 40.6 Å². The third kappa shape index (κ3) is 3.46. The van der Waals surface area contributed by atoms with Crippen molar-refractivity contribution in [3.8, 4) is 0 Å². The third-order valence-electron chi connectivity index (χ3n) is 3.00. The van der Waals surface area contributed by atoms with Gasteiger partial charge in [-0.2, -0.15) is 0 Å². The van der Waals surface area contributed by atoms with Crippen LogP contribution in [0.2, 0.25) is 0 Å². The summed E-state index contributed by atoms with van der Waals surface area (Å²) in [5.74, 6) is -0.292. The van der Waals surface area contributed by atoms with E-state index in [4.69, 9.17) is 4.74 Å². The molecule has 5 nitrogen and oxygen atoms in total. The van der Waals surface area contributed by atoms with Gasteiger partial charge in [0.15, 0.2) is 0 Å². The highest BCUT2D eigenvalue weighted by molar-refractivity contribution is 7.09. The lowest BCUT2D eigenvalue weighted by Crippen LogP contribution is -2.31. The Balaban J connectivity index is 2.14. The predicted octanol–water partition coefficient (Wildman–Crippen LogP) is 2.36. The van der Waals surface area contributed by atoms with Crippen LogP contribution in [0.5, 0.6) is 0 Å². The van der Waals surface area contributed by atoms with Gasteiger partial charge in [0.2, 0.25) is 0 Å². The Labute approximate surface area is 122 Å². The maximum atomic E-state index is 12.0. The molecule has 2 aromatic rings. The maximum Gasteiger partial charge on any atom is 0.329 e. The number of carbonyl (C=O) groups excluding carboxylic acids is 1. The van der Waals surface area contributed by atoms with E-state index in [0.29, 0.717) is 6.54 Å². The summed E-state index contributed by atoms with van der Waals surface area (Å²) in [5, 5.41) is 5.27. The topological polar surface area (TPSA) is 56.2 Å². The summed E-state index contributed by atoms with van der Waals surface area (Å²) in [7, 11) is 1.41. The molecule has 0 aliphatic carbocycles. The molecular weight excluding hydrogens is 274 g/mol. The van der Waals surface area contributed by atoms with Crippen LogP contribution in [0.4, 0.5) is 0 Å². The second-order valence-corrected chi connectivity index (χ2v) is 5.46. The predicted molar refractivity (Wildman–Crippen MR) is 78.4 cm³/mol. The van der Waals surface area contributed by atoms with Crippen LogP contribution in [0.15, 0.2) is 30.0 Å². The second-order valence-electron chi connectivity index (χ2n) is 4.43. The largest absolute Gasteiger partial charge is 0.468 e. The summed E-state index contributed by atoms with van der Waals surface area (Å²) >= 11 is 1.66. The average Bonchev–Trinajstić information content (AvgIpc) is 3.11. The van der Waals surface area contributed by atoms with Crippen molar-refractivity contribution in [3.63, 3.8) is 0 Å². The summed E-state index contributed by atoms with van der Waals surface area (Å²) in [4.78, 5) is 17.3. The highest BCUT2D eigenvalue weighted by atomic mass is 32.1. The molecule has 6 heteroatoms. The minimum Gasteiger partial charge on any atom is -0.468 e. The quantitative estimate of drug-likeness (QED) is 0.796. The van der Waals surface area contributed by atoms with Gasteiger partial charge in [-0.15, -0.1) is 11.3 Å². The summed E-state index contributed by atoms with van der Waals surface area (Å²) in [5.41, 5.74) is 0.843. The zero-order valence-corrected chi connectivity index (χ0v) is 12.5.